The molecular formula is C25H35N3O6. The summed E-state index contributed by atoms with van der Waals surface area (Å²) in [5, 5.41) is 40.7. The van der Waals surface area contributed by atoms with Gasteiger partial charge in [0.2, 0.25) is 11.8 Å². The fourth-order valence-electron chi connectivity index (χ4n) is 3.50. The van der Waals surface area contributed by atoms with Gasteiger partial charge in [0, 0.05) is 32.5 Å². The first kappa shape index (κ1) is 26.8. The standard InChI is InChI=1S/C25H35N3O6/c26-12-3-15-28(25(34)11-7-19-5-9-21(30)23(32)17-19)14-2-1-13-27-24(33)10-6-18-4-8-20(29)22(31)16-18/h4-5,8-9,16-17,29-32H,1-3,6-7,10-15,26H2,(H,27,33). The summed E-state index contributed by atoms with van der Waals surface area (Å²) in [6.45, 7) is 2.14. The zero-order valence-corrected chi connectivity index (χ0v) is 19.4. The van der Waals surface area contributed by atoms with Gasteiger partial charge >= 0.3 is 0 Å². The number of nitrogens with one attached hydrogen (secondary N) is 1. The zero-order chi connectivity index (χ0) is 24.9. The number of amides is 2. The van der Waals surface area contributed by atoms with Crippen LogP contribution in [-0.2, 0) is 22.4 Å². The Morgan fingerprint density at radius 3 is 1.88 bits per heavy atom. The first-order chi connectivity index (χ1) is 16.3. The summed E-state index contributed by atoms with van der Waals surface area (Å²) >= 11 is 0. The Morgan fingerprint density at radius 1 is 0.765 bits per heavy atom. The summed E-state index contributed by atoms with van der Waals surface area (Å²) in [4.78, 5) is 26.5. The number of unbranched alkanes of at least 4 members (excludes halogenated alkanes) is 1. The minimum absolute atomic E-state index is 0.00204. The number of hydrogen-bond acceptors (Lipinski definition) is 7. The molecule has 0 bridgehead atoms. The molecule has 0 spiro atoms. The van der Waals surface area contributed by atoms with Crippen LogP contribution < -0.4 is 11.1 Å². The van der Waals surface area contributed by atoms with Gasteiger partial charge in [0.05, 0.1) is 0 Å². The molecule has 0 aliphatic heterocycles. The zero-order valence-electron chi connectivity index (χ0n) is 19.4. The maximum atomic E-state index is 12.7. The average Bonchev–Trinajstić information content (AvgIpc) is 2.82. The molecule has 0 saturated heterocycles. The summed E-state index contributed by atoms with van der Waals surface area (Å²) in [5.74, 6) is -0.873. The first-order valence-electron chi connectivity index (χ1n) is 11.6. The van der Waals surface area contributed by atoms with E-state index in [1.807, 2.05) is 0 Å². The van der Waals surface area contributed by atoms with Crippen molar-refractivity contribution in [3.8, 4) is 23.0 Å². The Bertz CT molecular complexity index is 950. The number of aryl methyl sites for hydroxylation is 2. The van der Waals surface area contributed by atoms with Crippen LogP contribution in [0.4, 0.5) is 0 Å². The third kappa shape index (κ3) is 9.19. The Balaban J connectivity index is 1.69. The van der Waals surface area contributed by atoms with Crippen LogP contribution in [0.2, 0.25) is 0 Å². The molecule has 9 nitrogen and oxygen atoms in total. The summed E-state index contributed by atoms with van der Waals surface area (Å²) in [7, 11) is 0. The number of carbonyl (C=O) groups is 2. The molecule has 34 heavy (non-hydrogen) atoms. The van der Waals surface area contributed by atoms with Crippen molar-refractivity contribution in [1.82, 2.24) is 10.2 Å². The molecule has 2 aromatic carbocycles. The van der Waals surface area contributed by atoms with E-state index in [1.54, 1.807) is 17.0 Å². The minimum Gasteiger partial charge on any atom is -0.504 e. The van der Waals surface area contributed by atoms with E-state index in [1.165, 1.54) is 24.3 Å². The Kier molecular flexibility index (Phi) is 11.0. The number of benzene rings is 2. The van der Waals surface area contributed by atoms with E-state index < -0.39 is 0 Å². The quantitative estimate of drug-likeness (QED) is 0.181. The topological polar surface area (TPSA) is 156 Å². The lowest BCUT2D eigenvalue weighted by atomic mass is 10.1. The summed E-state index contributed by atoms with van der Waals surface area (Å²) in [6.07, 6.45) is 3.65. The molecule has 2 rings (SSSR count). The minimum atomic E-state index is -0.201. The van der Waals surface area contributed by atoms with Crippen LogP contribution in [0.15, 0.2) is 36.4 Å². The van der Waals surface area contributed by atoms with Crippen molar-refractivity contribution in [2.75, 3.05) is 26.2 Å². The molecule has 0 unspecified atom stereocenters. The van der Waals surface area contributed by atoms with E-state index in [2.05, 4.69) is 5.32 Å². The number of rotatable bonds is 14. The van der Waals surface area contributed by atoms with Gasteiger partial charge in [-0.05, 0) is 74.0 Å². The number of hydrogen-bond donors (Lipinski definition) is 6. The maximum Gasteiger partial charge on any atom is 0.222 e. The van der Waals surface area contributed by atoms with Gasteiger partial charge in [-0.15, -0.1) is 0 Å². The van der Waals surface area contributed by atoms with Crippen LogP contribution in [0, 0.1) is 0 Å². The lowest BCUT2D eigenvalue weighted by molar-refractivity contribution is -0.131. The SMILES string of the molecule is NCCCN(CCCCNC(=O)CCc1ccc(O)c(O)c1)C(=O)CCc1ccc(O)c(O)c1. The fraction of sp³-hybridized carbons (Fsp3) is 0.440. The predicted molar refractivity (Wildman–Crippen MR) is 129 cm³/mol. The predicted octanol–water partition coefficient (Wildman–Crippen LogP) is 2.15. The summed E-state index contributed by atoms with van der Waals surface area (Å²) < 4.78 is 0. The van der Waals surface area contributed by atoms with Crippen LogP contribution in [0.1, 0.15) is 43.2 Å². The van der Waals surface area contributed by atoms with Crippen molar-refractivity contribution in [2.45, 2.75) is 44.9 Å². The Hall–Kier alpha value is -3.46. The molecule has 2 aromatic rings. The van der Waals surface area contributed by atoms with E-state index in [4.69, 9.17) is 5.73 Å². The molecule has 0 radical (unpaired) electrons. The highest BCUT2D eigenvalue weighted by Crippen LogP contribution is 2.26. The molecule has 0 atom stereocenters. The van der Waals surface area contributed by atoms with E-state index in [0.29, 0.717) is 51.9 Å². The molecule has 9 heteroatoms. The highest BCUT2D eigenvalue weighted by Gasteiger charge is 2.13. The van der Waals surface area contributed by atoms with E-state index >= 15 is 0 Å². The maximum absolute atomic E-state index is 12.7. The molecule has 0 aliphatic rings. The van der Waals surface area contributed by atoms with Gasteiger partial charge < -0.3 is 36.4 Å². The second-order valence-electron chi connectivity index (χ2n) is 8.23. The van der Waals surface area contributed by atoms with Crippen LogP contribution in [0.25, 0.3) is 0 Å². The van der Waals surface area contributed by atoms with E-state index in [9.17, 15) is 30.0 Å². The van der Waals surface area contributed by atoms with Crippen molar-refractivity contribution in [2.24, 2.45) is 5.73 Å². The molecule has 0 aliphatic carbocycles. The van der Waals surface area contributed by atoms with Gasteiger partial charge in [0.15, 0.2) is 23.0 Å². The van der Waals surface area contributed by atoms with Gasteiger partial charge in [0.25, 0.3) is 0 Å². The van der Waals surface area contributed by atoms with Crippen LogP contribution in [0.5, 0.6) is 23.0 Å². The Labute approximate surface area is 199 Å². The number of carbonyl (C=O) groups excluding carboxylic acids is 2. The third-order valence-corrected chi connectivity index (χ3v) is 5.51. The van der Waals surface area contributed by atoms with E-state index in [-0.39, 0.29) is 41.2 Å². The van der Waals surface area contributed by atoms with Crippen molar-refractivity contribution in [3.05, 3.63) is 47.5 Å². The molecule has 0 fully saturated rings. The molecular weight excluding hydrogens is 438 g/mol. The lowest BCUT2D eigenvalue weighted by Crippen LogP contribution is -2.34. The molecule has 2 amide bonds. The number of phenols is 4. The van der Waals surface area contributed by atoms with Gasteiger partial charge in [-0.2, -0.15) is 0 Å². The van der Waals surface area contributed by atoms with Gasteiger partial charge in [0.1, 0.15) is 0 Å². The van der Waals surface area contributed by atoms with Gasteiger partial charge in [-0.3, -0.25) is 9.59 Å². The highest BCUT2D eigenvalue weighted by molar-refractivity contribution is 5.76. The van der Waals surface area contributed by atoms with Crippen molar-refractivity contribution < 1.29 is 30.0 Å². The third-order valence-electron chi connectivity index (χ3n) is 5.51. The summed E-state index contributed by atoms with van der Waals surface area (Å²) in [5.41, 5.74) is 7.14. The smallest absolute Gasteiger partial charge is 0.222 e. The van der Waals surface area contributed by atoms with Crippen LogP contribution in [-0.4, -0.2) is 63.3 Å². The van der Waals surface area contributed by atoms with Crippen molar-refractivity contribution in [1.29, 1.82) is 0 Å². The average molecular weight is 474 g/mol. The number of nitrogens with zero attached hydrogens (tertiary/aromatic N) is 1. The molecule has 0 aromatic heterocycles. The fourth-order valence-corrected chi connectivity index (χ4v) is 3.50. The van der Waals surface area contributed by atoms with Gasteiger partial charge in [-0.1, -0.05) is 12.1 Å². The second-order valence-corrected chi connectivity index (χ2v) is 8.23. The highest BCUT2D eigenvalue weighted by atomic mass is 16.3. The molecule has 186 valence electrons. The van der Waals surface area contributed by atoms with Gasteiger partial charge in [-0.25, -0.2) is 0 Å². The summed E-state index contributed by atoms with van der Waals surface area (Å²) in [6, 6.07) is 9.05. The number of nitrogens with two attached hydrogens (primary N) is 1. The molecule has 7 N–H and O–H groups in total. The van der Waals surface area contributed by atoms with Crippen molar-refractivity contribution >= 4 is 11.8 Å². The molecule has 0 heterocycles. The van der Waals surface area contributed by atoms with Crippen molar-refractivity contribution in [3.63, 3.8) is 0 Å². The molecule has 0 saturated carbocycles. The number of phenolic OH excluding ortho intramolecular Hbond substituents is 4. The van der Waals surface area contributed by atoms with E-state index in [0.717, 1.165) is 24.0 Å². The van der Waals surface area contributed by atoms with Crippen LogP contribution >= 0.6 is 0 Å². The normalized spacial score (nSPS) is 10.7. The number of aromatic hydroxyl groups is 4. The largest absolute Gasteiger partial charge is 0.504 e. The second kappa shape index (κ2) is 13.9. The first-order valence-corrected chi connectivity index (χ1v) is 11.6. The Morgan fingerprint density at radius 2 is 1.32 bits per heavy atom. The van der Waals surface area contributed by atoms with Crippen LogP contribution in [0.3, 0.4) is 0 Å². The monoisotopic (exact) mass is 473 g/mol. The lowest BCUT2D eigenvalue weighted by Gasteiger charge is -2.23.